The lowest BCUT2D eigenvalue weighted by molar-refractivity contribution is 0.208. The molecular formula is C28H29ClN6OS. The normalized spacial score (nSPS) is 13.2. The van der Waals surface area contributed by atoms with Crippen molar-refractivity contribution in [1.82, 2.24) is 4.90 Å². The van der Waals surface area contributed by atoms with Crippen molar-refractivity contribution >= 4 is 69.6 Å². The summed E-state index contributed by atoms with van der Waals surface area (Å²) in [5, 5.41) is 12.5. The van der Waals surface area contributed by atoms with Crippen molar-refractivity contribution in [2.75, 3.05) is 47.0 Å². The van der Waals surface area contributed by atoms with Gasteiger partial charge in [0.15, 0.2) is 0 Å². The van der Waals surface area contributed by atoms with Crippen molar-refractivity contribution < 1.29 is 4.79 Å². The minimum absolute atomic E-state index is 0. The van der Waals surface area contributed by atoms with Crippen molar-refractivity contribution in [3.63, 3.8) is 0 Å². The molecule has 0 spiro atoms. The van der Waals surface area contributed by atoms with E-state index in [2.05, 4.69) is 38.0 Å². The summed E-state index contributed by atoms with van der Waals surface area (Å²) < 4.78 is 0. The van der Waals surface area contributed by atoms with E-state index in [0.717, 1.165) is 46.5 Å². The van der Waals surface area contributed by atoms with E-state index in [0.29, 0.717) is 13.1 Å². The third-order valence-corrected chi connectivity index (χ3v) is 6.70. The minimum Gasteiger partial charge on any atom is -0.368 e. The zero-order valence-electron chi connectivity index (χ0n) is 20.2. The second kappa shape index (κ2) is 12.8. The summed E-state index contributed by atoms with van der Waals surface area (Å²) in [4.78, 5) is 21.3. The molecule has 190 valence electrons. The van der Waals surface area contributed by atoms with Crippen LogP contribution in [0.1, 0.15) is 0 Å². The van der Waals surface area contributed by atoms with Crippen molar-refractivity contribution in [2.45, 2.75) is 0 Å². The Kier molecular flexibility index (Phi) is 9.02. The van der Waals surface area contributed by atoms with Gasteiger partial charge in [0.05, 0.1) is 6.34 Å². The quantitative estimate of drug-likeness (QED) is 0.176. The Hall–Kier alpha value is -4.01. The molecule has 3 N–H and O–H groups in total. The molecule has 4 aromatic rings. The highest BCUT2D eigenvalue weighted by molar-refractivity contribution is 7.13. The molecule has 37 heavy (non-hydrogen) atoms. The van der Waals surface area contributed by atoms with E-state index in [1.807, 2.05) is 89.1 Å². The smallest absolute Gasteiger partial charge is 0.321 e. The molecule has 1 saturated heterocycles. The fourth-order valence-electron chi connectivity index (χ4n) is 3.98. The van der Waals surface area contributed by atoms with Crippen LogP contribution < -0.4 is 20.9 Å². The molecule has 1 aliphatic rings. The zero-order chi connectivity index (χ0) is 24.6. The number of halogens is 1. The SMILES string of the molecule is Cl.O=C(Nc1ccc(Nc2ccccc2)cc1)N1CCN(c2ccc(N/C=N/c3cccs3)cc2)CC1. The lowest BCUT2D eigenvalue weighted by Crippen LogP contribution is -2.50. The minimum atomic E-state index is -0.0667. The number of rotatable bonds is 7. The second-order valence-electron chi connectivity index (χ2n) is 8.37. The number of amides is 2. The van der Waals surface area contributed by atoms with Gasteiger partial charge in [-0.2, -0.15) is 0 Å². The van der Waals surface area contributed by atoms with E-state index in [-0.39, 0.29) is 18.4 Å². The maximum atomic E-state index is 12.8. The summed E-state index contributed by atoms with van der Waals surface area (Å²) in [7, 11) is 0. The van der Waals surface area contributed by atoms with Gasteiger partial charge in [0.25, 0.3) is 0 Å². The number of thiophene rings is 1. The molecule has 1 fully saturated rings. The van der Waals surface area contributed by atoms with Gasteiger partial charge in [-0.3, -0.25) is 0 Å². The van der Waals surface area contributed by atoms with Crippen LogP contribution >= 0.6 is 23.7 Å². The van der Waals surface area contributed by atoms with Crippen LogP contribution in [0.3, 0.4) is 0 Å². The van der Waals surface area contributed by atoms with Crippen molar-refractivity contribution in [1.29, 1.82) is 0 Å². The number of urea groups is 1. The first-order valence-electron chi connectivity index (χ1n) is 11.9. The van der Waals surface area contributed by atoms with E-state index in [1.165, 1.54) is 0 Å². The maximum absolute atomic E-state index is 12.8. The first-order chi connectivity index (χ1) is 17.7. The van der Waals surface area contributed by atoms with E-state index in [4.69, 9.17) is 0 Å². The van der Waals surface area contributed by atoms with E-state index >= 15 is 0 Å². The van der Waals surface area contributed by atoms with E-state index in [9.17, 15) is 4.79 Å². The Morgan fingerprint density at radius 2 is 1.41 bits per heavy atom. The molecule has 2 heterocycles. The maximum Gasteiger partial charge on any atom is 0.321 e. The summed E-state index contributed by atoms with van der Waals surface area (Å²) in [6.45, 7) is 2.93. The van der Waals surface area contributed by atoms with Crippen LogP contribution in [0.5, 0.6) is 0 Å². The number of carbonyl (C=O) groups excluding carboxylic acids is 1. The summed E-state index contributed by atoms with van der Waals surface area (Å²) in [5.74, 6) is 0. The summed E-state index contributed by atoms with van der Waals surface area (Å²) in [6.07, 6.45) is 1.71. The molecule has 0 radical (unpaired) electrons. The van der Waals surface area contributed by atoms with Gasteiger partial charge >= 0.3 is 6.03 Å². The van der Waals surface area contributed by atoms with Crippen molar-refractivity contribution in [3.8, 4) is 0 Å². The first kappa shape index (κ1) is 26.1. The number of aliphatic imine (C=N–C) groups is 1. The molecule has 3 aromatic carbocycles. The predicted octanol–water partition coefficient (Wildman–Crippen LogP) is 7.04. The molecule has 1 aliphatic heterocycles. The number of para-hydroxylation sites is 1. The average molecular weight is 533 g/mol. The van der Waals surface area contributed by atoms with Gasteiger partial charge in [-0.1, -0.05) is 18.2 Å². The Morgan fingerprint density at radius 3 is 2.08 bits per heavy atom. The number of nitrogens with one attached hydrogen (secondary N) is 3. The van der Waals surface area contributed by atoms with Gasteiger partial charge in [-0.25, -0.2) is 9.79 Å². The van der Waals surface area contributed by atoms with Gasteiger partial charge in [0, 0.05) is 54.6 Å². The van der Waals surface area contributed by atoms with E-state index < -0.39 is 0 Å². The topological polar surface area (TPSA) is 72.0 Å². The summed E-state index contributed by atoms with van der Waals surface area (Å²) in [6, 6.07) is 30.0. The van der Waals surface area contributed by atoms with Gasteiger partial charge in [-0.15, -0.1) is 23.7 Å². The Labute approximate surface area is 227 Å². The number of piperazine rings is 1. The fourth-order valence-corrected chi connectivity index (χ4v) is 4.54. The zero-order valence-corrected chi connectivity index (χ0v) is 21.8. The van der Waals surface area contributed by atoms with Crippen molar-refractivity contribution in [2.24, 2.45) is 4.99 Å². The van der Waals surface area contributed by atoms with Crippen LogP contribution in [0.25, 0.3) is 0 Å². The van der Waals surface area contributed by atoms with Gasteiger partial charge in [-0.05, 0) is 78.2 Å². The molecule has 0 bridgehead atoms. The fraction of sp³-hybridized carbons (Fsp3) is 0.143. The monoisotopic (exact) mass is 532 g/mol. The molecular weight excluding hydrogens is 504 g/mol. The van der Waals surface area contributed by atoms with Crippen molar-refractivity contribution in [3.05, 3.63) is 96.4 Å². The number of benzene rings is 3. The van der Waals surface area contributed by atoms with Gasteiger partial charge in [0.1, 0.15) is 5.00 Å². The molecule has 0 aliphatic carbocycles. The molecule has 5 rings (SSSR count). The summed E-state index contributed by atoms with van der Waals surface area (Å²) in [5.41, 5.74) is 4.93. The highest BCUT2D eigenvalue weighted by Gasteiger charge is 2.21. The lowest BCUT2D eigenvalue weighted by atomic mass is 10.2. The first-order valence-corrected chi connectivity index (χ1v) is 12.8. The standard InChI is InChI=1S/C28H28N6OS.ClH/c35-28(32-25-10-8-24(9-11-25)31-23-5-2-1-3-6-23)34-18-16-33(17-19-34)26-14-12-22(13-15-26)29-21-30-27-7-4-20-36-27;/h1-15,20-21,31H,16-19H2,(H,29,30)(H,32,35);1H. The van der Waals surface area contributed by atoms with Crippen LogP contribution in [0, 0.1) is 0 Å². The largest absolute Gasteiger partial charge is 0.368 e. The third-order valence-electron chi connectivity index (χ3n) is 5.93. The van der Waals surface area contributed by atoms with Crippen LogP contribution in [-0.4, -0.2) is 43.4 Å². The van der Waals surface area contributed by atoms with Crippen LogP contribution in [0.2, 0.25) is 0 Å². The third kappa shape index (κ3) is 7.25. The highest BCUT2D eigenvalue weighted by Crippen LogP contribution is 2.22. The Balaban J connectivity index is 0.00000320. The Bertz CT molecular complexity index is 1270. The second-order valence-corrected chi connectivity index (χ2v) is 9.30. The van der Waals surface area contributed by atoms with Crippen LogP contribution in [0.4, 0.5) is 38.2 Å². The molecule has 0 saturated carbocycles. The number of carbonyl (C=O) groups is 1. The molecule has 1 aromatic heterocycles. The average Bonchev–Trinajstić information content (AvgIpc) is 3.45. The number of hydrogen-bond donors (Lipinski definition) is 3. The number of anilines is 5. The van der Waals surface area contributed by atoms with Gasteiger partial charge < -0.3 is 25.8 Å². The predicted molar refractivity (Wildman–Crippen MR) is 159 cm³/mol. The molecule has 0 atom stereocenters. The molecule has 2 amide bonds. The highest BCUT2D eigenvalue weighted by atomic mass is 35.5. The molecule has 0 unspecified atom stereocenters. The lowest BCUT2D eigenvalue weighted by Gasteiger charge is -2.36. The molecule has 9 heteroatoms. The number of nitrogens with zero attached hydrogens (tertiary/aromatic N) is 3. The molecule has 7 nitrogen and oxygen atoms in total. The van der Waals surface area contributed by atoms with Crippen LogP contribution in [0.15, 0.2) is 101 Å². The summed E-state index contributed by atoms with van der Waals surface area (Å²) >= 11 is 1.60. The Morgan fingerprint density at radius 1 is 0.757 bits per heavy atom. The number of hydrogen-bond acceptors (Lipinski definition) is 5. The van der Waals surface area contributed by atoms with Crippen LogP contribution in [-0.2, 0) is 0 Å². The van der Waals surface area contributed by atoms with Gasteiger partial charge in [0.2, 0.25) is 0 Å². The van der Waals surface area contributed by atoms with E-state index in [1.54, 1.807) is 17.7 Å².